The largest absolute Gasteiger partial charge is 0.481 e. The first-order chi connectivity index (χ1) is 6.70. The van der Waals surface area contributed by atoms with E-state index in [1.54, 1.807) is 0 Å². The molecule has 3 N–H and O–H groups in total. The number of hydrogen-bond donors (Lipinski definition) is 3. The van der Waals surface area contributed by atoms with Gasteiger partial charge in [-0.25, -0.2) is 0 Å². The van der Waals surface area contributed by atoms with Gasteiger partial charge in [-0.15, -0.1) is 0 Å². The quantitative estimate of drug-likeness (QED) is 0.474. The smallest absolute Gasteiger partial charge is 0.304 e. The highest BCUT2D eigenvalue weighted by Gasteiger charge is 2.06. The fraction of sp³-hybridized carbons (Fsp3) is 0.889. The molecule has 84 valence electrons. The molecule has 0 unspecified atom stereocenters. The minimum absolute atomic E-state index is 0.108. The van der Waals surface area contributed by atoms with Crippen molar-refractivity contribution in [2.75, 3.05) is 32.8 Å². The van der Waals surface area contributed by atoms with Crippen LogP contribution in [0.15, 0.2) is 0 Å². The van der Waals surface area contributed by atoms with E-state index in [9.17, 15) is 4.79 Å². The van der Waals surface area contributed by atoms with E-state index in [4.69, 9.17) is 15.3 Å². The Hall–Kier alpha value is -0.650. The Balaban J connectivity index is 3.65. The summed E-state index contributed by atoms with van der Waals surface area (Å²) in [7, 11) is 0. The number of aliphatic hydroxyl groups excluding tert-OH is 2. The molecule has 5 heteroatoms. The molecule has 0 rings (SSSR count). The van der Waals surface area contributed by atoms with E-state index in [2.05, 4.69) is 0 Å². The maximum Gasteiger partial charge on any atom is 0.304 e. The molecule has 0 saturated heterocycles. The molecular weight excluding hydrogens is 186 g/mol. The third kappa shape index (κ3) is 7.97. The fourth-order valence-corrected chi connectivity index (χ4v) is 1.18. The van der Waals surface area contributed by atoms with Gasteiger partial charge in [-0.3, -0.25) is 4.79 Å². The zero-order valence-electron chi connectivity index (χ0n) is 8.35. The number of carboxylic acids is 1. The number of nitrogens with zero attached hydrogens (tertiary/aromatic N) is 1. The molecule has 14 heavy (non-hydrogen) atoms. The van der Waals surface area contributed by atoms with Crippen LogP contribution in [0.3, 0.4) is 0 Å². The van der Waals surface area contributed by atoms with Gasteiger partial charge < -0.3 is 20.2 Å². The van der Waals surface area contributed by atoms with Gasteiger partial charge in [0.1, 0.15) is 0 Å². The van der Waals surface area contributed by atoms with Gasteiger partial charge >= 0.3 is 5.97 Å². The average Bonchev–Trinajstić information content (AvgIpc) is 2.16. The standard InChI is InChI=1S/C9H19NO4/c11-7-1-4-10(5-2-8-12)6-3-9(13)14/h11-12H,1-8H2,(H,13,14). The summed E-state index contributed by atoms with van der Waals surface area (Å²) in [6, 6.07) is 0. The number of aliphatic hydroxyl groups is 2. The van der Waals surface area contributed by atoms with Gasteiger partial charge in [-0.2, -0.15) is 0 Å². The zero-order valence-corrected chi connectivity index (χ0v) is 8.35. The van der Waals surface area contributed by atoms with Crippen molar-refractivity contribution in [3.8, 4) is 0 Å². The van der Waals surface area contributed by atoms with Crippen LogP contribution in [0, 0.1) is 0 Å². The molecule has 5 nitrogen and oxygen atoms in total. The van der Waals surface area contributed by atoms with Crippen LogP contribution in [-0.2, 0) is 4.79 Å². The van der Waals surface area contributed by atoms with E-state index in [1.165, 1.54) is 0 Å². The maximum absolute atomic E-state index is 10.3. The summed E-state index contributed by atoms with van der Waals surface area (Å²) < 4.78 is 0. The molecule has 0 saturated carbocycles. The summed E-state index contributed by atoms with van der Waals surface area (Å²) >= 11 is 0. The Morgan fingerprint density at radius 2 is 1.50 bits per heavy atom. The lowest BCUT2D eigenvalue weighted by Crippen LogP contribution is -2.29. The van der Waals surface area contributed by atoms with Crippen molar-refractivity contribution in [2.45, 2.75) is 19.3 Å². The van der Waals surface area contributed by atoms with Crippen molar-refractivity contribution >= 4 is 5.97 Å². The number of carbonyl (C=O) groups is 1. The second kappa shape index (κ2) is 8.93. The summed E-state index contributed by atoms with van der Waals surface area (Å²) in [5.41, 5.74) is 0. The van der Waals surface area contributed by atoms with E-state index >= 15 is 0 Å². The fourth-order valence-electron chi connectivity index (χ4n) is 1.18. The highest BCUT2D eigenvalue weighted by molar-refractivity contribution is 5.66. The van der Waals surface area contributed by atoms with E-state index in [0.29, 0.717) is 32.5 Å². The Morgan fingerprint density at radius 3 is 1.86 bits per heavy atom. The molecule has 0 aromatic rings. The van der Waals surface area contributed by atoms with E-state index < -0.39 is 5.97 Å². The molecule has 0 bridgehead atoms. The van der Waals surface area contributed by atoms with Gasteiger partial charge in [-0.05, 0) is 12.8 Å². The Bertz CT molecular complexity index is 144. The molecule has 0 aliphatic rings. The van der Waals surface area contributed by atoms with Crippen LogP contribution in [-0.4, -0.2) is 59.0 Å². The molecule has 0 radical (unpaired) electrons. The van der Waals surface area contributed by atoms with Crippen LogP contribution < -0.4 is 0 Å². The Kier molecular flexibility index (Phi) is 8.51. The molecule has 0 fully saturated rings. The van der Waals surface area contributed by atoms with Gasteiger partial charge in [0.15, 0.2) is 0 Å². The van der Waals surface area contributed by atoms with E-state index in [1.807, 2.05) is 4.90 Å². The summed E-state index contributed by atoms with van der Waals surface area (Å²) in [6.07, 6.45) is 1.40. The van der Waals surface area contributed by atoms with Crippen LogP contribution in [0.1, 0.15) is 19.3 Å². The normalized spacial score (nSPS) is 10.8. The number of rotatable bonds is 9. The molecule has 0 amide bonds. The lowest BCUT2D eigenvalue weighted by molar-refractivity contribution is -0.137. The average molecular weight is 205 g/mol. The SMILES string of the molecule is O=C(O)CCN(CCCO)CCCO. The van der Waals surface area contributed by atoms with E-state index in [0.717, 1.165) is 0 Å². The molecule has 0 aromatic heterocycles. The molecular formula is C9H19NO4. The van der Waals surface area contributed by atoms with Gasteiger partial charge in [0.05, 0.1) is 6.42 Å². The van der Waals surface area contributed by atoms with Gasteiger partial charge in [-0.1, -0.05) is 0 Å². The molecule has 0 aliphatic heterocycles. The second-order valence-electron chi connectivity index (χ2n) is 3.14. The zero-order chi connectivity index (χ0) is 10.8. The van der Waals surface area contributed by atoms with E-state index in [-0.39, 0.29) is 19.6 Å². The monoisotopic (exact) mass is 205 g/mol. The first kappa shape index (κ1) is 13.4. The lowest BCUT2D eigenvalue weighted by atomic mass is 10.3. The van der Waals surface area contributed by atoms with Gasteiger partial charge in [0.2, 0.25) is 0 Å². The van der Waals surface area contributed by atoms with Crippen molar-refractivity contribution in [3.63, 3.8) is 0 Å². The van der Waals surface area contributed by atoms with Gasteiger partial charge in [0, 0.05) is 32.8 Å². The molecule has 0 spiro atoms. The molecule has 0 atom stereocenters. The summed E-state index contributed by atoms with van der Waals surface area (Å²) in [6.45, 7) is 2.08. The predicted octanol–water partition coefficient (Wildman–Crippen LogP) is -0.472. The highest BCUT2D eigenvalue weighted by atomic mass is 16.4. The number of hydrogen-bond acceptors (Lipinski definition) is 4. The van der Waals surface area contributed by atoms with Crippen LogP contribution in [0.4, 0.5) is 0 Å². The minimum Gasteiger partial charge on any atom is -0.481 e. The summed E-state index contributed by atoms with van der Waals surface area (Å²) in [5.74, 6) is -0.817. The lowest BCUT2D eigenvalue weighted by Gasteiger charge is -2.20. The Morgan fingerprint density at radius 1 is 1.00 bits per heavy atom. The van der Waals surface area contributed by atoms with Crippen molar-refractivity contribution < 1.29 is 20.1 Å². The van der Waals surface area contributed by atoms with Gasteiger partial charge in [0.25, 0.3) is 0 Å². The minimum atomic E-state index is -0.817. The first-order valence-electron chi connectivity index (χ1n) is 4.86. The summed E-state index contributed by atoms with van der Waals surface area (Å²) in [5, 5.41) is 25.7. The molecule has 0 aromatic carbocycles. The van der Waals surface area contributed by atoms with Crippen LogP contribution in [0.25, 0.3) is 0 Å². The number of aliphatic carboxylic acids is 1. The second-order valence-corrected chi connectivity index (χ2v) is 3.14. The van der Waals surface area contributed by atoms with Crippen molar-refractivity contribution in [1.29, 1.82) is 0 Å². The Labute approximate surface area is 84.0 Å². The summed E-state index contributed by atoms with van der Waals surface area (Å²) in [4.78, 5) is 12.3. The molecule has 0 aliphatic carbocycles. The van der Waals surface area contributed by atoms with Crippen LogP contribution in [0.5, 0.6) is 0 Å². The first-order valence-corrected chi connectivity index (χ1v) is 4.86. The topological polar surface area (TPSA) is 81.0 Å². The third-order valence-corrected chi connectivity index (χ3v) is 1.91. The van der Waals surface area contributed by atoms with Crippen molar-refractivity contribution in [3.05, 3.63) is 0 Å². The predicted molar refractivity (Wildman–Crippen MR) is 52.1 cm³/mol. The van der Waals surface area contributed by atoms with Crippen LogP contribution >= 0.6 is 0 Å². The van der Waals surface area contributed by atoms with Crippen LogP contribution in [0.2, 0.25) is 0 Å². The molecule has 0 heterocycles. The highest BCUT2D eigenvalue weighted by Crippen LogP contribution is 1.96. The maximum atomic E-state index is 10.3. The third-order valence-electron chi connectivity index (χ3n) is 1.91. The van der Waals surface area contributed by atoms with Crippen molar-refractivity contribution in [1.82, 2.24) is 4.90 Å². The van der Waals surface area contributed by atoms with Crippen molar-refractivity contribution in [2.24, 2.45) is 0 Å². The number of carboxylic acid groups (broad SMARTS) is 1.